The van der Waals surface area contributed by atoms with Crippen molar-refractivity contribution < 1.29 is 16.3 Å². The first kappa shape index (κ1) is 20.9. The van der Waals surface area contributed by atoms with Gasteiger partial charge in [-0.2, -0.15) is 28.2 Å². The van der Waals surface area contributed by atoms with Crippen molar-refractivity contribution in [3.8, 4) is 0 Å². The average Bonchev–Trinajstić information content (AvgIpc) is 2.20. The molecule has 0 fully saturated rings. The van der Waals surface area contributed by atoms with Gasteiger partial charge in [0.25, 0.3) is 0 Å². The fourth-order valence-electron chi connectivity index (χ4n) is 0.652. The van der Waals surface area contributed by atoms with Crippen molar-refractivity contribution >= 4 is 0 Å². The summed E-state index contributed by atoms with van der Waals surface area (Å²) in [5.41, 5.74) is 0. The normalized spacial score (nSPS) is 7.87. The molecule has 3 heteroatoms. The van der Waals surface area contributed by atoms with Crippen LogP contribution in [0.2, 0.25) is 10.3 Å². The Kier molecular flexibility index (Phi) is 40.7. The van der Waals surface area contributed by atoms with Crippen LogP contribution in [0.15, 0.2) is 0 Å². The van der Waals surface area contributed by atoms with Gasteiger partial charge in [-0.1, -0.05) is 0 Å². The van der Waals surface area contributed by atoms with E-state index in [1.54, 1.807) is 38.5 Å². The van der Waals surface area contributed by atoms with E-state index in [9.17, 15) is 0 Å². The number of hydrogen-bond donors (Lipinski definition) is 0. The van der Waals surface area contributed by atoms with E-state index in [0.717, 1.165) is 16.3 Å². The summed E-state index contributed by atoms with van der Waals surface area (Å²) >= 11 is 0.737. The van der Waals surface area contributed by atoms with Crippen LogP contribution in [0.3, 0.4) is 0 Å². The third-order valence-electron chi connectivity index (χ3n) is 1.34. The molecule has 0 spiro atoms. The zero-order chi connectivity index (χ0) is 12.4. The van der Waals surface area contributed by atoms with Crippen LogP contribution in [-0.2, 0) is 16.3 Å². The third-order valence-corrected chi connectivity index (χ3v) is 3.31. The van der Waals surface area contributed by atoms with Gasteiger partial charge in [0, 0.05) is 0 Å². The summed E-state index contributed by atoms with van der Waals surface area (Å²) in [6, 6.07) is 0. The van der Waals surface area contributed by atoms with Gasteiger partial charge in [0.2, 0.25) is 0 Å². The molecule has 0 saturated carbocycles. The maximum Gasteiger partial charge on any atom is -0.162 e. The van der Waals surface area contributed by atoms with Gasteiger partial charge in [0.15, 0.2) is 0 Å². The predicted molar refractivity (Wildman–Crippen MR) is 69.8 cm³/mol. The van der Waals surface area contributed by atoms with Crippen LogP contribution in [0.25, 0.3) is 10.6 Å². The molecule has 0 aromatic rings. The standard InChI is InChI=1S/2C4H9.2C2H6N.V/c2*1-3-4-2;2*1-3-2;/h2*1,3-4H2,2H3;2*1-2H3;/q;;2*-1;+2. The van der Waals surface area contributed by atoms with E-state index in [2.05, 4.69) is 24.5 Å². The number of hydrogen-bond acceptors (Lipinski definition) is 0. The molecule has 0 unspecified atom stereocenters. The third kappa shape index (κ3) is 53.6. The van der Waals surface area contributed by atoms with Gasteiger partial charge in [0.05, 0.1) is 0 Å². The SMILES string of the molecule is CCC[CH2][V+2][CH2]CCC.C[N-]C.C[N-]C. The van der Waals surface area contributed by atoms with Gasteiger partial charge in [-0.05, 0) is 0 Å². The van der Waals surface area contributed by atoms with Crippen LogP contribution in [-0.4, -0.2) is 28.2 Å². The Morgan fingerprint density at radius 2 is 1.00 bits per heavy atom. The van der Waals surface area contributed by atoms with E-state index in [0.29, 0.717) is 0 Å². The smallest absolute Gasteiger partial charge is 0.162 e. The summed E-state index contributed by atoms with van der Waals surface area (Å²) < 4.78 is 0. The maximum atomic E-state index is 3.50. The van der Waals surface area contributed by atoms with Crippen LogP contribution < -0.4 is 0 Å². The Morgan fingerprint density at radius 1 is 0.733 bits per heavy atom. The molecule has 0 heterocycles. The van der Waals surface area contributed by atoms with Gasteiger partial charge in [-0.25, -0.2) is 0 Å². The molecule has 93 valence electrons. The first-order valence-electron chi connectivity index (χ1n) is 5.84. The second kappa shape index (κ2) is 29.3. The van der Waals surface area contributed by atoms with E-state index in [-0.39, 0.29) is 0 Å². The van der Waals surface area contributed by atoms with E-state index in [1.807, 2.05) is 0 Å². The molecule has 2 nitrogen and oxygen atoms in total. The van der Waals surface area contributed by atoms with Crippen LogP contribution in [0.1, 0.15) is 39.5 Å². The molecule has 0 amide bonds. The van der Waals surface area contributed by atoms with Crippen molar-refractivity contribution in [2.24, 2.45) is 0 Å². The van der Waals surface area contributed by atoms with Crippen molar-refractivity contribution in [3.63, 3.8) is 0 Å². The van der Waals surface area contributed by atoms with E-state index < -0.39 is 0 Å². The topological polar surface area (TPSA) is 28.2 Å². The molecule has 0 radical (unpaired) electrons. The van der Waals surface area contributed by atoms with Gasteiger partial charge >= 0.3 is 66.1 Å². The quantitative estimate of drug-likeness (QED) is 0.611. The molecule has 0 aromatic carbocycles. The van der Waals surface area contributed by atoms with Crippen molar-refractivity contribution in [1.82, 2.24) is 0 Å². The summed E-state index contributed by atoms with van der Waals surface area (Å²) in [6.07, 6.45) is 5.73. The molecule has 0 saturated heterocycles. The Balaban J connectivity index is -0.000000200. The van der Waals surface area contributed by atoms with Crippen molar-refractivity contribution in [2.45, 2.75) is 49.8 Å². The maximum absolute atomic E-state index is 3.50. The van der Waals surface area contributed by atoms with Crippen LogP contribution >= 0.6 is 0 Å². The second-order valence-electron chi connectivity index (χ2n) is 3.27. The Bertz CT molecular complexity index is 62.6. The minimum atomic E-state index is 0.737. The summed E-state index contributed by atoms with van der Waals surface area (Å²) in [7, 11) is 7.00. The number of unbranched alkanes of at least 4 members (excludes halogenated alkanes) is 2. The largest absolute Gasteiger partial charge is 0.668 e. The van der Waals surface area contributed by atoms with E-state index in [4.69, 9.17) is 0 Å². The first-order chi connectivity index (χ1) is 7.24. The van der Waals surface area contributed by atoms with Crippen molar-refractivity contribution in [2.75, 3.05) is 28.2 Å². The molecule has 0 aliphatic carbocycles. The molecule has 0 atom stereocenters. The Labute approximate surface area is 105 Å². The molecule has 0 aliphatic rings. The fourth-order valence-corrected chi connectivity index (χ4v) is 2.69. The summed E-state index contributed by atoms with van der Waals surface area (Å²) in [6.45, 7) is 4.56. The number of rotatable bonds is 6. The average molecular weight is 253 g/mol. The summed E-state index contributed by atoms with van der Waals surface area (Å²) in [4.78, 5) is 0. The molecular formula is C12H30N2V. The van der Waals surface area contributed by atoms with Gasteiger partial charge < -0.3 is 10.6 Å². The van der Waals surface area contributed by atoms with Gasteiger partial charge in [-0.3, -0.25) is 0 Å². The van der Waals surface area contributed by atoms with Crippen LogP contribution in [0, 0.1) is 0 Å². The number of nitrogens with zero attached hydrogens (tertiary/aromatic N) is 2. The zero-order valence-electron chi connectivity index (χ0n) is 11.6. The minimum absolute atomic E-state index is 0.737. The van der Waals surface area contributed by atoms with Crippen LogP contribution in [0.5, 0.6) is 0 Å². The second-order valence-corrected chi connectivity index (χ2v) is 5.37. The summed E-state index contributed by atoms with van der Waals surface area (Å²) in [5.74, 6) is 0. The van der Waals surface area contributed by atoms with Crippen LogP contribution in [0.4, 0.5) is 0 Å². The molecular weight excluding hydrogens is 223 g/mol. The monoisotopic (exact) mass is 253 g/mol. The summed E-state index contributed by atoms with van der Waals surface area (Å²) in [5, 5.41) is 10.1. The Hall–Kier alpha value is 0.504. The predicted octanol–water partition coefficient (Wildman–Crippen LogP) is 4.75. The molecule has 0 bridgehead atoms. The molecule has 0 aliphatic heterocycles. The van der Waals surface area contributed by atoms with Gasteiger partial charge in [-0.15, -0.1) is 0 Å². The van der Waals surface area contributed by atoms with E-state index in [1.165, 1.54) is 25.7 Å². The van der Waals surface area contributed by atoms with E-state index >= 15 is 0 Å². The molecule has 0 rings (SSSR count). The molecule has 15 heavy (non-hydrogen) atoms. The fraction of sp³-hybridized carbons (Fsp3) is 1.00. The zero-order valence-corrected chi connectivity index (χ0v) is 13.0. The van der Waals surface area contributed by atoms with Gasteiger partial charge in [0.1, 0.15) is 0 Å². The first-order valence-corrected chi connectivity index (χ1v) is 7.81. The molecule has 0 aromatic heterocycles. The minimum Gasteiger partial charge on any atom is -0.668 e. The van der Waals surface area contributed by atoms with Crippen molar-refractivity contribution in [1.29, 1.82) is 0 Å². The molecule has 0 N–H and O–H groups in total. The van der Waals surface area contributed by atoms with Crippen molar-refractivity contribution in [3.05, 3.63) is 10.6 Å². The Morgan fingerprint density at radius 3 is 1.20 bits per heavy atom.